The van der Waals surface area contributed by atoms with E-state index in [2.05, 4.69) is 49.7 Å². The monoisotopic (exact) mass is 474 g/mol. The van der Waals surface area contributed by atoms with Gasteiger partial charge in [-0.15, -0.1) is 0 Å². The highest BCUT2D eigenvalue weighted by atomic mass is 79.9. The Labute approximate surface area is 183 Å². The van der Waals surface area contributed by atoms with E-state index in [1.807, 2.05) is 22.8 Å². The number of imidazole rings is 1. The first-order valence-electron chi connectivity index (χ1n) is 10.3. The van der Waals surface area contributed by atoms with Crippen LogP contribution in [0.2, 0.25) is 0 Å². The molecular weight excluding hydrogens is 451 g/mol. The molecule has 1 saturated heterocycles. The summed E-state index contributed by atoms with van der Waals surface area (Å²) in [6.45, 7) is 4.82. The number of likely N-dealkylation sites (tertiary alicyclic amines) is 1. The van der Waals surface area contributed by atoms with Gasteiger partial charge in [0.05, 0.1) is 24.1 Å². The molecule has 5 rings (SSSR count). The molecule has 30 heavy (non-hydrogen) atoms. The molecule has 0 N–H and O–H groups in total. The van der Waals surface area contributed by atoms with Crippen LogP contribution < -0.4 is 9.64 Å². The molecule has 0 radical (unpaired) electrons. The Morgan fingerprint density at radius 1 is 1.30 bits per heavy atom. The van der Waals surface area contributed by atoms with Crippen molar-refractivity contribution >= 4 is 32.7 Å². The molecule has 0 bridgehead atoms. The average Bonchev–Trinajstić information content (AvgIpc) is 3.30. The van der Waals surface area contributed by atoms with Gasteiger partial charge in [-0.3, -0.25) is 0 Å². The number of benzene rings is 1. The van der Waals surface area contributed by atoms with Crippen LogP contribution in [0.25, 0.3) is 10.9 Å². The molecule has 4 heterocycles. The van der Waals surface area contributed by atoms with E-state index < -0.39 is 5.95 Å². The van der Waals surface area contributed by atoms with Crippen molar-refractivity contribution in [3.63, 3.8) is 0 Å². The van der Waals surface area contributed by atoms with E-state index in [9.17, 15) is 4.39 Å². The fraction of sp³-hybridized carbons (Fsp3) is 0.476. The third-order valence-electron chi connectivity index (χ3n) is 6.18. The van der Waals surface area contributed by atoms with Crippen molar-refractivity contribution in [2.45, 2.75) is 44.9 Å². The van der Waals surface area contributed by atoms with Crippen molar-refractivity contribution in [2.75, 3.05) is 25.1 Å². The Balaban J connectivity index is 1.52. The van der Waals surface area contributed by atoms with Crippen molar-refractivity contribution < 1.29 is 9.13 Å². The summed E-state index contributed by atoms with van der Waals surface area (Å²) in [6, 6.07) is 6.81. The number of likely N-dealkylation sites (N-methyl/N-ethyl adjacent to an activating group) is 1. The summed E-state index contributed by atoms with van der Waals surface area (Å²) in [6.07, 6.45) is 3.88. The van der Waals surface area contributed by atoms with E-state index in [0.29, 0.717) is 37.4 Å². The smallest absolute Gasteiger partial charge is 0.319 e. The summed E-state index contributed by atoms with van der Waals surface area (Å²) in [4.78, 5) is 17.7. The van der Waals surface area contributed by atoms with Crippen LogP contribution in [-0.4, -0.2) is 56.7 Å². The van der Waals surface area contributed by atoms with Crippen molar-refractivity contribution in [3.8, 4) is 6.01 Å². The SMILES string of the molecule is C[C@@H]1Cn2cnc(F)c2CN1c1nc(OC[C@@H]2CCCN2C)nc2cc(Br)ccc12. The lowest BCUT2D eigenvalue weighted by Gasteiger charge is -2.35. The van der Waals surface area contributed by atoms with Gasteiger partial charge in [0.1, 0.15) is 12.4 Å². The van der Waals surface area contributed by atoms with Crippen LogP contribution in [0.1, 0.15) is 25.5 Å². The lowest BCUT2D eigenvalue weighted by atomic mass is 10.1. The summed E-state index contributed by atoms with van der Waals surface area (Å²) in [5.41, 5.74) is 1.38. The number of anilines is 1. The van der Waals surface area contributed by atoms with Gasteiger partial charge in [-0.2, -0.15) is 14.4 Å². The van der Waals surface area contributed by atoms with E-state index in [4.69, 9.17) is 9.72 Å². The standard InChI is InChI=1S/C21H24BrFN6O/c1-13-9-28-12-24-19(23)18(28)10-29(13)20-16-6-5-14(22)8-17(16)25-21(26-20)30-11-15-4-3-7-27(15)2/h5-6,8,12-13,15H,3-4,7,9-11H2,1-2H3/t13-,15+/m1/s1. The summed E-state index contributed by atoms with van der Waals surface area (Å²) in [5.74, 6) is 0.343. The molecule has 1 aromatic carbocycles. The minimum Gasteiger partial charge on any atom is -0.462 e. The number of hydrogen-bond donors (Lipinski definition) is 0. The largest absolute Gasteiger partial charge is 0.462 e. The number of aromatic nitrogens is 4. The quantitative estimate of drug-likeness (QED) is 0.575. The Hall–Kier alpha value is -2.26. The molecule has 0 aliphatic carbocycles. The molecule has 2 aromatic heterocycles. The second-order valence-electron chi connectivity index (χ2n) is 8.19. The van der Waals surface area contributed by atoms with E-state index in [1.54, 1.807) is 6.33 Å². The maximum absolute atomic E-state index is 14.2. The summed E-state index contributed by atoms with van der Waals surface area (Å²) < 4.78 is 23.1. The highest BCUT2D eigenvalue weighted by molar-refractivity contribution is 9.10. The number of rotatable bonds is 4. The molecule has 2 atom stereocenters. The van der Waals surface area contributed by atoms with Crippen molar-refractivity contribution in [3.05, 3.63) is 40.6 Å². The zero-order valence-electron chi connectivity index (χ0n) is 17.1. The third-order valence-corrected chi connectivity index (χ3v) is 6.67. The fourth-order valence-electron chi connectivity index (χ4n) is 4.39. The Morgan fingerprint density at radius 2 is 2.17 bits per heavy atom. The summed E-state index contributed by atoms with van der Waals surface area (Å²) in [7, 11) is 2.12. The number of ether oxygens (including phenoxy) is 1. The lowest BCUT2D eigenvalue weighted by Crippen LogP contribution is -2.41. The van der Waals surface area contributed by atoms with Crippen LogP contribution in [-0.2, 0) is 13.1 Å². The fourth-order valence-corrected chi connectivity index (χ4v) is 4.74. The van der Waals surface area contributed by atoms with Crippen LogP contribution in [0, 0.1) is 5.95 Å². The zero-order chi connectivity index (χ0) is 20.8. The van der Waals surface area contributed by atoms with Gasteiger partial charge in [-0.05, 0) is 51.6 Å². The van der Waals surface area contributed by atoms with Gasteiger partial charge in [0.2, 0.25) is 5.95 Å². The topological polar surface area (TPSA) is 59.3 Å². The molecule has 3 aromatic rings. The van der Waals surface area contributed by atoms with Crippen molar-refractivity contribution in [1.29, 1.82) is 0 Å². The molecule has 2 aliphatic rings. The Morgan fingerprint density at radius 3 is 2.97 bits per heavy atom. The molecule has 0 saturated carbocycles. The van der Waals surface area contributed by atoms with Gasteiger partial charge in [0, 0.05) is 28.5 Å². The van der Waals surface area contributed by atoms with Crippen molar-refractivity contribution in [2.24, 2.45) is 0 Å². The molecule has 0 unspecified atom stereocenters. The molecule has 9 heteroatoms. The Bertz CT molecular complexity index is 1090. The van der Waals surface area contributed by atoms with Gasteiger partial charge in [-0.1, -0.05) is 15.9 Å². The van der Waals surface area contributed by atoms with Gasteiger partial charge < -0.3 is 19.1 Å². The highest BCUT2D eigenvalue weighted by Crippen LogP contribution is 2.33. The maximum Gasteiger partial charge on any atom is 0.319 e. The number of nitrogens with zero attached hydrogens (tertiary/aromatic N) is 6. The summed E-state index contributed by atoms with van der Waals surface area (Å²) in [5, 5.41) is 0.920. The first kappa shape index (κ1) is 19.7. The zero-order valence-corrected chi connectivity index (χ0v) is 18.6. The minimum atomic E-state index is -0.422. The van der Waals surface area contributed by atoms with Crippen LogP contribution >= 0.6 is 15.9 Å². The lowest BCUT2D eigenvalue weighted by molar-refractivity contribution is 0.188. The molecule has 1 fully saturated rings. The van der Waals surface area contributed by atoms with Crippen LogP contribution in [0.15, 0.2) is 29.0 Å². The van der Waals surface area contributed by atoms with E-state index in [1.165, 1.54) is 6.42 Å². The average molecular weight is 475 g/mol. The number of halogens is 2. The normalized spacial score (nSPS) is 21.9. The molecule has 0 spiro atoms. The first-order chi connectivity index (χ1) is 14.5. The van der Waals surface area contributed by atoms with Gasteiger partial charge >= 0.3 is 6.01 Å². The molecule has 2 aliphatic heterocycles. The number of fused-ring (bicyclic) bond motifs is 2. The third kappa shape index (κ3) is 3.54. The van der Waals surface area contributed by atoms with E-state index in [0.717, 1.165) is 34.2 Å². The first-order valence-corrected chi connectivity index (χ1v) is 11.1. The molecular formula is C21H24BrFN6O. The van der Waals surface area contributed by atoms with Crippen molar-refractivity contribution in [1.82, 2.24) is 24.4 Å². The Kier molecular flexibility index (Phi) is 5.10. The summed E-state index contributed by atoms with van der Waals surface area (Å²) >= 11 is 3.53. The van der Waals surface area contributed by atoms with E-state index in [-0.39, 0.29) is 6.04 Å². The van der Waals surface area contributed by atoms with Gasteiger partial charge in [-0.25, -0.2) is 4.98 Å². The molecule has 0 amide bonds. The minimum absolute atomic E-state index is 0.127. The molecule has 158 valence electrons. The maximum atomic E-state index is 14.2. The van der Waals surface area contributed by atoms with Gasteiger partial charge in [0.25, 0.3) is 0 Å². The predicted octanol–water partition coefficient (Wildman–Crippen LogP) is 3.61. The second-order valence-corrected chi connectivity index (χ2v) is 9.11. The van der Waals surface area contributed by atoms with Crippen LogP contribution in [0.5, 0.6) is 6.01 Å². The molecule has 7 nitrogen and oxygen atoms in total. The van der Waals surface area contributed by atoms with Gasteiger partial charge in [0.15, 0.2) is 0 Å². The number of hydrogen-bond acceptors (Lipinski definition) is 6. The van der Waals surface area contributed by atoms with Crippen LogP contribution in [0.3, 0.4) is 0 Å². The second kappa shape index (κ2) is 7.77. The predicted molar refractivity (Wildman–Crippen MR) is 116 cm³/mol. The van der Waals surface area contributed by atoms with Crippen LogP contribution in [0.4, 0.5) is 10.2 Å². The van der Waals surface area contributed by atoms with E-state index >= 15 is 0 Å². The highest BCUT2D eigenvalue weighted by Gasteiger charge is 2.29.